The number of halogens is 1. The highest BCUT2D eigenvalue weighted by Gasteiger charge is 2.07. The van der Waals surface area contributed by atoms with E-state index in [-0.39, 0.29) is 18.4 Å². The van der Waals surface area contributed by atoms with Gasteiger partial charge in [0.05, 0.1) is 6.61 Å². The second-order valence-electron chi connectivity index (χ2n) is 4.20. The molecule has 0 saturated carbocycles. The smallest absolute Gasteiger partial charge is 0.322 e. The second-order valence-corrected chi connectivity index (χ2v) is 4.20. The van der Waals surface area contributed by atoms with Crippen molar-refractivity contribution in [2.24, 2.45) is 11.7 Å². The Bertz CT molecular complexity index is 161. The Balaban J connectivity index is 0. The number of carbonyl (C=O) groups excluding carboxylic acids is 1. The number of hydrogen-bond acceptors (Lipinski definition) is 3. The monoisotopic (exact) mass is 237 g/mol. The number of hydrogen-bond donors (Lipinski definition) is 1. The second kappa shape index (κ2) is 10.2. The number of ether oxygens (including phenoxy) is 1. The third-order valence-corrected chi connectivity index (χ3v) is 2.04. The molecule has 1 atom stereocenters. The van der Waals surface area contributed by atoms with E-state index in [9.17, 15) is 4.79 Å². The summed E-state index contributed by atoms with van der Waals surface area (Å²) in [7, 11) is 0. The molecular formula is C11H24ClNO2. The summed E-state index contributed by atoms with van der Waals surface area (Å²) in [5.41, 5.74) is 5.34. The van der Waals surface area contributed by atoms with E-state index >= 15 is 0 Å². The summed E-state index contributed by atoms with van der Waals surface area (Å²) in [5, 5.41) is 0. The molecule has 0 saturated heterocycles. The summed E-state index contributed by atoms with van der Waals surface area (Å²) in [6.07, 6.45) is 4.55. The predicted octanol–water partition coefficient (Wildman–Crippen LogP) is 2.52. The standard InChI is InChI=1S/C11H23NO2.ClH/c1-9(2)7-5-4-6-8-14-11(13)10(3)12;/h9-10H,4-8,12H2,1-3H3;1H/t10-;/m0./s1. The maximum absolute atomic E-state index is 10.9. The van der Waals surface area contributed by atoms with Crippen LogP contribution in [0, 0.1) is 5.92 Å². The molecule has 0 rings (SSSR count). The molecule has 0 amide bonds. The van der Waals surface area contributed by atoms with Crippen molar-refractivity contribution < 1.29 is 9.53 Å². The molecule has 0 aliphatic carbocycles. The van der Waals surface area contributed by atoms with E-state index in [2.05, 4.69) is 13.8 Å². The van der Waals surface area contributed by atoms with Crippen LogP contribution < -0.4 is 5.73 Å². The third-order valence-electron chi connectivity index (χ3n) is 2.04. The Hall–Kier alpha value is -0.280. The van der Waals surface area contributed by atoms with Crippen LogP contribution in [0.5, 0.6) is 0 Å². The molecule has 0 heterocycles. The third kappa shape index (κ3) is 11.6. The summed E-state index contributed by atoms with van der Waals surface area (Å²) in [6, 6.07) is -0.495. The number of carbonyl (C=O) groups is 1. The van der Waals surface area contributed by atoms with Crippen molar-refractivity contribution in [3.05, 3.63) is 0 Å². The van der Waals surface area contributed by atoms with E-state index in [0.29, 0.717) is 6.61 Å². The van der Waals surface area contributed by atoms with Gasteiger partial charge in [-0.05, 0) is 19.3 Å². The van der Waals surface area contributed by atoms with Crippen LogP contribution in [0.3, 0.4) is 0 Å². The highest BCUT2D eigenvalue weighted by Crippen LogP contribution is 2.07. The van der Waals surface area contributed by atoms with Crippen LogP contribution in [-0.4, -0.2) is 18.6 Å². The molecule has 0 aromatic carbocycles. The normalized spacial score (nSPS) is 12.1. The summed E-state index contributed by atoms with van der Waals surface area (Å²) >= 11 is 0. The van der Waals surface area contributed by atoms with Crippen LogP contribution in [0.15, 0.2) is 0 Å². The van der Waals surface area contributed by atoms with Gasteiger partial charge >= 0.3 is 5.97 Å². The zero-order valence-electron chi connectivity index (χ0n) is 9.99. The van der Waals surface area contributed by atoms with Crippen LogP contribution in [0.25, 0.3) is 0 Å². The van der Waals surface area contributed by atoms with Gasteiger partial charge in [-0.1, -0.05) is 33.1 Å². The minimum atomic E-state index is -0.495. The van der Waals surface area contributed by atoms with Crippen LogP contribution in [-0.2, 0) is 9.53 Å². The van der Waals surface area contributed by atoms with E-state index in [0.717, 1.165) is 18.8 Å². The van der Waals surface area contributed by atoms with E-state index in [4.69, 9.17) is 10.5 Å². The molecule has 15 heavy (non-hydrogen) atoms. The lowest BCUT2D eigenvalue weighted by Crippen LogP contribution is -2.28. The molecule has 0 fully saturated rings. The number of rotatable bonds is 7. The van der Waals surface area contributed by atoms with Gasteiger partial charge in [-0.15, -0.1) is 12.4 Å². The van der Waals surface area contributed by atoms with Crippen molar-refractivity contribution in [1.82, 2.24) is 0 Å². The lowest BCUT2D eigenvalue weighted by molar-refractivity contribution is -0.144. The van der Waals surface area contributed by atoms with Crippen LogP contribution in [0.1, 0.15) is 46.5 Å². The fraction of sp³-hybridized carbons (Fsp3) is 0.909. The summed E-state index contributed by atoms with van der Waals surface area (Å²) in [4.78, 5) is 10.9. The van der Waals surface area contributed by atoms with Crippen LogP contribution in [0.2, 0.25) is 0 Å². The Kier molecular flexibility index (Phi) is 11.7. The minimum Gasteiger partial charge on any atom is -0.465 e. The Labute approximate surface area is 99.2 Å². The maximum Gasteiger partial charge on any atom is 0.322 e. The molecule has 0 aliphatic heterocycles. The number of unbranched alkanes of at least 4 members (excludes halogenated alkanes) is 2. The van der Waals surface area contributed by atoms with Gasteiger partial charge in [0.1, 0.15) is 6.04 Å². The summed E-state index contributed by atoms with van der Waals surface area (Å²) < 4.78 is 4.95. The van der Waals surface area contributed by atoms with Gasteiger partial charge in [0.2, 0.25) is 0 Å². The predicted molar refractivity (Wildman–Crippen MR) is 65.2 cm³/mol. The number of esters is 1. The Morgan fingerprint density at radius 1 is 1.20 bits per heavy atom. The molecule has 0 bridgehead atoms. The molecule has 0 aromatic heterocycles. The molecule has 2 N–H and O–H groups in total. The zero-order valence-corrected chi connectivity index (χ0v) is 10.8. The van der Waals surface area contributed by atoms with E-state index < -0.39 is 6.04 Å². The van der Waals surface area contributed by atoms with Crippen molar-refractivity contribution in [2.75, 3.05) is 6.61 Å². The molecule has 0 aromatic rings. The molecule has 92 valence electrons. The molecular weight excluding hydrogens is 214 g/mol. The average Bonchev–Trinajstić information content (AvgIpc) is 2.09. The lowest BCUT2D eigenvalue weighted by atomic mass is 10.1. The van der Waals surface area contributed by atoms with Crippen LogP contribution >= 0.6 is 12.4 Å². The van der Waals surface area contributed by atoms with Crippen molar-refractivity contribution in [3.8, 4) is 0 Å². The number of nitrogens with two attached hydrogens (primary N) is 1. The quantitative estimate of drug-likeness (QED) is 0.547. The lowest BCUT2D eigenvalue weighted by Gasteiger charge is -2.07. The first-order valence-electron chi connectivity index (χ1n) is 5.46. The Morgan fingerprint density at radius 3 is 2.27 bits per heavy atom. The van der Waals surface area contributed by atoms with Gasteiger partial charge in [-0.2, -0.15) is 0 Å². The van der Waals surface area contributed by atoms with Crippen molar-refractivity contribution in [2.45, 2.75) is 52.5 Å². The summed E-state index contributed by atoms with van der Waals surface area (Å²) in [5.74, 6) is 0.468. The molecule has 4 heteroatoms. The van der Waals surface area contributed by atoms with E-state index in [1.54, 1.807) is 6.92 Å². The summed E-state index contributed by atoms with van der Waals surface area (Å²) in [6.45, 7) is 6.59. The Morgan fingerprint density at radius 2 is 1.80 bits per heavy atom. The first-order valence-corrected chi connectivity index (χ1v) is 5.46. The molecule has 3 nitrogen and oxygen atoms in total. The van der Waals surface area contributed by atoms with E-state index in [1.165, 1.54) is 12.8 Å². The molecule has 0 radical (unpaired) electrons. The van der Waals surface area contributed by atoms with Gasteiger partial charge in [0, 0.05) is 0 Å². The van der Waals surface area contributed by atoms with Crippen molar-refractivity contribution in [1.29, 1.82) is 0 Å². The minimum absolute atomic E-state index is 0. The van der Waals surface area contributed by atoms with Gasteiger partial charge in [-0.3, -0.25) is 4.79 Å². The highest BCUT2D eigenvalue weighted by atomic mass is 35.5. The molecule has 0 spiro atoms. The fourth-order valence-electron chi connectivity index (χ4n) is 1.14. The van der Waals surface area contributed by atoms with Gasteiger partial charge in [-0.25, -0.2) is 0 Å². The van der Waals surface area contributed by atoms with Gasteiger partial charge in [0.25, 0.3) is 0 Å². The zero-order chi connectivity index (χ0) is 11.0. The largest absolute Gasteiger partial charge is 0.465 e. The maximum atomic E-state index is 10.9. The van der Waals surface area contributed by atoms with Gasteiger partial charge < -0.3 is 10.5 Å². The fourth-order valence-corrected chi connectivity index (χ4v) is 1.14. The highest BCUT2D eigenvalue weighted by molar-refractivity contribution is 5.85. The van der Waals surface area contributed by atoms with Crippen LogP contribution in [0.4, 0.5) is 0 Å². The molecule has 0 unspecified atom stereocenters. The SMILES string of the molecule is CC(C)CCCCCOC(=O)[C@H](C)N.Cl. The van der Waals surface area contributed by atoms with E-state index in [1.807, 2.05) is 0 Å². The topological polar surface area (TPSA) is 52.3 Å². The average molecular weight is 238 g/mol. The van der Waals surface area contributed by atoms with Crippen molar-refractivity contribution in [3.63, 3.8) is 0 Å². The first kappa shape index (κ1) is 17.1. The molecule has 0 aliphatic rings. The van der Waals surface area contributed by atoms with Gasteiger partial charge in [0.15, 0.2) is 0 Å². The first-order chi connectivity index (χ1) is 6.54. The van der Waals surface area contributed by atoms with Crippen molar-refractivity contribution >= 4 is 18.4 Å².